The van der Waals surface area contributed by atoms with Crippen LogP contribution in [0.3, 0.4) is 0 Å². The molecule has 0 saturated carbocycles. The number of anilines is 1. The fourth-order valence-corrected chi connectivity index (χ4v) is 3.29. The quantitative estimate of drug-likeness (QED) is 0.528. The van der Waals surface area contributed by atoms with Crippen LogP contribution in [0.1, 0.15) is 0 Å². The van der Waals surface area contributed by atoms with Gasteiger partial charge in [-0.2, -0.15) is 0 Å². The third-order valence-corrected chi connectivity index (χ3v) is 4.64. The Morgan fingerprint density at radius 1 is 1.14 bits per heavy atom. The molecule has 0 aliphatic carbocycles. The van der Waals surface area contributed by atoms with Crippen LogP contribution in [0.25, 0.3) is 11.3 Å². The van der Waals surface area contributed by atoms with Crippen LogP contribution in [0.15, 0.2) is 58.4 Å². The van der Waals surface area contributed by atoms with Gasteiger partial charge in [0.25, 0.3) is 5.91 Å². The highest BCUT2D eigenvalue weighted by molar-refractivity contribution is 9.10. The van der Waals surface area contributed by atoms with Gasteiger partial charge in [0.1, 0.15) is 11.6 Å². The molecule has 0 bridgehead atoms. The van der Waals surface area contributed by atoms with E-state index in [1.807, 2.05) is 29.6 Å². The van der Waals surface area contributed by atoms with E-state index in [1.165, 1.54) is 29.5 Å². The van der Waals surface area contributed by atoms with Crippen molar-refractivity contribution in [2.45, 2.75) is 0 Å². The van der Waals surface area contributed by atoms with Gasteiger partial charge < -0.3 is 9.47 Å². The van der Waals surface area contributed by atoms with Crippen molar-refractivity contribution < 1.29 is 23.5 Å². The van der Waals surface area contributed by atoms with Crippen LogP contribution < -0.4 is 10.1 Å². The van der Waals surface area contributed by atoms with Crippen molar-refractivity contribution in [2.24, 2.45) is 0 Å². The Labute approximate surface area is 172 Å². The standard InChI is InChI=1S/C19H14BrFN2O4S/c20-13-4-1-3-12(7-13)16-11-28-19(22-16)23-17(24)9-27-18(25)10-26-15-6-2-5-14(21)8-15/h1-8,11H,9-10H2,(H,22,23,24). The average molecular weight is 465 g/mol. The van der Waals surface area contributed by atoms with E-state index in [9.17, 15) is 14.0 Å². The van der Waals surface area contributed by atoms with Crippen LogP contribution in [-0.2, 0) is 14.3 Å². The van der Waals surface area contributed by atoms with Crippen LogP contribution in [0.4, 0.5) is 9.52 Å². The molecule has 1 amide bonds. The molecule has 6 nitrogen and oxygen atoms in total. The van der Waals surface area contributed by atoms with Crippen LogP contribution in [0.5, 0.6) is 5.75 Å². The number of rotatable bonds is 7. The predicted molar refractivity (Wildman–Crippen MR) is 107 cm³/mol. The first kappa shape index (κ1) is 20.0. The van der Waals surface area contributed by atoms with Crippen LogP contribution >= 0.6 is 27.3 Å². The van der Waals surface area contributed by atoms with Crippen molar-refractivity contribution in [1.29, 1.82) is 0 Å². The third kappa shape index (κ3) is 5.86. The number of benzene rings is 2. The molecule has 3 rings (SSSR count). The molecular formula is C19H14BrFN2O4S. The number of hydrogen-bond donors (Lipinski definition) is 1. The molecular weight excluding hydrogens is 451 g/mol. The van der Waals surface area contributed by atoms with Crippen molar-refractivity contribution in [2.75, 3.05) is 18.5 Å². The lowest BCUT2D eigenvalue weighted by atomic mass is 10.2. The Hall–Kier alpha value is -2.78. The SMILES string of the molecule is O=C(COC(=O)COc1cccc(F)c1)Nc1nc(-c2cccc(Br)c2)cs1. The molecule has 28 heavy (non-hydrogen) atoms. The maximum absolute atomic E-state index is 13.0. The molecule has 1 aromatic heterocycles. The molecule has 1 N–H and O–H groups in total. The second kappa shape index (κ2) is 9.43. The van der Waals surface area contributed by atoms with Gasteiger partial charge in [-0.3, -0.25) is 10.1 Å². The Kier molecular flexibility index (Phi) is 6.72. The zero-order valence-corrected chi connectivity index (χ0v) is 16.8. The molecule has 0 atom stereocenters. The van der Waals surface area contributed by atoms with E-state index in [0.29, 0.717) is 5.13 Å². The van der Waals surface area contributed by atoms with E-state index in [4.69, 9.17) is 9.47 Å². The second-order valence-corrected chi connectivity index (χ2v) is 7.28. The maximum Gasteiger partial charge on any atom is 0.344 e. The smallest absolute Gasteiger partial charge is 0.344 e. The summed E-state index contributed by atoms with van der Waals surface area (Å²) in [5, 5.41) is 4.78. The molecule has 1 heterocycles. The number of thiazole rings is 1. The number of hydrogen-bond acceptors (Lipinski definition) is 6. The third-order valence-electron chi connectivity index (χ3n) is 3.39. The molecule has 9 heteroatoms. The first-order valence-corrected chi connectivity index (χ1v) is 9.72. The molecule has 0 aliphatic heterocycles. The average Bonchev–Trinajstić information content (AvgIpc) is 3.13. The Bertz CT molecular complexity index is 995. The number of nitrogens with zero attached hydrogens (tertiary/aromatic N) is 1. The highest BCUT2D eigenvalue weighted by atomic mass is 79.9. The largest absolute Gasteiger partial charge is 0.482 e. The van der Waals surface area contributed by atoms with E-state index in [-0.39, 0.29) is 5.75 Å². The van der Waals surface area contributed by atoms with Crippen molar-refractivity contribution in [3.05, 3.63) is 64.2 Å². The maximum atomic E-state index is 13.0. The molecule has 0 spiro atoms. The van der Waals surface area contributed by atoms with Crippen molar-refractivity contribution in [1.82, 2.24) is 4.98 Å². The molecule has 0 saturated heterocycles. The lowest BCUT2D eigenvalue weighted by Gasteiger charge is -2.07. The van der Waals surface area contributed by atoms with Gasteiger partial charge in [0, 0.05) is 21.5 Å². The number of carbonyl (C=O) groups excluding carboxylic acids is 2. The minimum absolute atomic E-state index is 0.198. The molecule has 3 aromatic rings. The summed E-state index contributed by atoms with van der Waals surface area (Å²) in [5.74, 6) is -1.54. The summed E-state index contributed by atoms with van der Waals surface area (Å²) in [5.41, 5.74) is 1.63. The topological polar surface area (TPSA) is 77.5 Å². The van der Waals surface area contributed by atoms with Crippen molar-refractivity contribution >= 4 is 44.3 Å². The van der Waals surface area contributed by atoms with Gasteiger partial charge in [-0.25, -0.2) is 14.2 Å². The molecule has 144 valence electrons. The Morgan fingerprint density at radius 2 is 1.96 bits per heavy atom. The van der Waals surface area contributed by atoms with Gasteiger partial charge in [-0.15, -0.1) is 11.3 Å². The number of halogens is 2. The Morgan fingerprint density at radius 3 is 2.75 bits per heavy atom. The lowest BCUT2D eigenvalue weighted by Crippen LogP contribution is -2.23. The van der Waals surface area contributed by atoms with Crippen molar-refractivity contribution in [3.8, 4) is 17.0 Å². The second-order valence-electron chi connectivity index (χ2n) is 5.50. The van der Waals surface area contributed by atoms with Gasteiger partial charge in [-0.1, -0.05) is 34.1 Å². The van der Waals surface area contributed by atoms with E-state index in [1.54, 1.807) is 0 Å². The molecule has 0 fully saturated rings. The normalized spacial score (nSPS) is 10.4. The summed E-state index contributed by atoms with van der Waals surface area (Å²) in [4.78, 5) is 27.9. The monoisotopic (exact) mass is 464 g/mol. The summed E-state index contributed by atoms with van der Waals surface area (Å²) in [6.07, 6.45) is 0. The number of carbonyl (C=O) groups is 2. The highest BCUT2D eigenvalue weighted by Gasteiger charge is 2.12. The number of ether oxygens (including phenoxy) is 2. The van der Waals surface area contributed by atoms with E-state index in [0.717, 1.165) is 21.8 Å². The van der Waals surface area contributed by atoms with E-state index >= 15 is 0 Å². The summed E-state index contributed by atoms with van der Waals surface area (Å²) in [7, 11) is 0. The molecule has 0 aliphatic rings. The van der Waals surface area contributed by atoms with Crippen LogP contribution in [-0.4, -0.2) is 30.1 Å². The number of esters is 1. The highest BCUT2D eigenvalue weighted by Crippen LogP contribution is 2.26. The summed E-state index contributed by atoms with van der Waals surface area (Å²) in [6, 6.07) is 13.0. The fraction of sp³-hybridized carbons (Fsp3) is 0.105. The van der Waals surface area contributed by atoms with Gasteiger partial charge in [-0.05, 0) is 24.3 Å². The van der Waals surface area contributed by atoms with Crippen LogP contribution in [0.2, 0.25) is 0 Å². The molecule has 2 aromatic carbocycles. The van der Waals surface area contributed by atoms with E-state index in [2.05, 4.69) is 26.2 Å². The fourth-order valence-electron chi connectivity index (χ4n) is 2.15. The van der Waals surface area contributed by atoms with Gasteiger partial charge in [0.15, 0.2) is 18.3 Å². The van der Waals surface area contributed by atoms with Gasteiger partial charge in [0.2, 0.25) is 0 Å². The van der Waals surface area contributed by atoms with Crippen molar-refractivity contribution in [3.63, 3.8) is 0 Å². The lowest BCUT2D eigenvalue weighted by molar-refractivity contribution is -0.149. The summed E-state index contributed by atoms with van der Waals surface area (Å²) >= 11 is 4.66. The number of aromatic nitrogens is 1. The minimum Gasteiger partial charge on any atom is -0.482 e. The van der Waals surface area contributed by atoms with Crippen LogP contribution in [0, 0.1) is 5.82 Å². The molecule has 0 radical (unpaired) electrons. The minimum atomic E-state index is -0.742. The molecule has 0 unspecified atom stereocenters. The first-order chi connectivity index (χ1) is 13.5. The predicted octanol–water partition coefficient (Wildman–Crippen LogP) is 4.27. The Balaban J connectivity index is 1.45. The summed E-state index contributed by atoms with van der Waals surface area (Å²) < 4.78 is 23.9. The first-order valence-electron chi connectivity index (χ1n) is 8.05. The summed E-state index contributed by atoms with van der Waals surface area (Å²) in [6.45, 7) is -0.905. The van der Waals surface area contributed by atoms with Gasteiger partial charge >= 0.3 is 5.97 Å². The number of amides is 1. The zero-order chi connectivity index (χ0) is 19.9. The zero-order valence-electron chi connectivity index (χ0n) is 14.4. The van der Waals surface area contributed by atoms with E-state index < -0.39 is 30.9 Å². The van der Waals surface area contributed by atoms with Gasteiger partial charge in [0.05, 0.1) is 5.69 Å². The number of nitrogens with one attached hydrogen (secondary N) is 1.